The predicted molar refractivity (Wildman–Crippen MR) is 75.0 cm³/mol. The van der Waals surface area contributed by atoms with E-state index in [-0.39, 0.29) is 0 Å². The van der Waals surface area contributed by atoms with Crippen molar-refractivity contribution < 1.29 is 0 Å². The van der Waals surface area contributed by atoms with Gasteiger partial charge in [0.2, 0.25) is 0 Å². The van der Waals surface area contributed by atoms with Crippen molar-refractivity contribution in [1.82, 2.24) is 10.2 Å². The molecule has 1 aromatic rings. The van der Waals surface area contributed by atoms with Gasteiger partial charge in [0.15, 0.2) is 0 Å². The molecule has 0 saturated carbocycles. The molecule has 0 radical (unpaired) electrons. The van der Waals surface area contributed by atoms with Crippen LogP contribution < -0.4 is 5.32 Å². The van der Waals surface area contributed by atoms with Crippen LogP contribution in [-0.2, 0) is 6.54 Å². The molecule has 0 aliphatic carbocycles. The van der Waals surface area contributed by atoms with Crippen LogP contribution in [0.2, 0.25) is 0 Å². The van der Waals surface area contributed by atoms with Crippen molar-refractivity contribution >= 4 is 0 Å². The van der Waals surface area contributed by atoms with Gasteiger partial charge in [-0.3, -0.25) is 4.90 Å². The van der Waals surface area contributed by atoms with Gasteiger partial charge < -0.3 is 5.32 Å². The van der Waals surface area contributed by atoms with E-state index in [0.717, 1.165) is 13.1 Å². The summed E-state index contributed by atoms with van der Waals surface area (Å²) in [5.41, 5.74) is 1.36. The minimum absolute atomic E-state index is 0.377. The maximum absolute atomic E-state index is 3.78. The third kappa shape index (κ3) is 5.16. The van der Waals surface area contributed by atoms with Crippen molar-refractivity contribution in [3.05, 3.63) is 48.6 Å². The number of hydrogen-bond donors (Lipinski definition) is 1. The summed E-state index contributed by atoms with van der Waals surface area (Å²) in [4.78, 5) is 2.36. The number of likely N-dealkylation sites (N-methyl/N-ethyl adjacent to an activating group) is 1. The van der Waals surface area contributed by atoms with Crippen molar-refractivity contribution in [1.29, 1.82) is 0 Å². The normalized spacial score (nSPS) is 14.6. The third-order valence-electron chi connectivity index (χ3n) is 3.12. The Balaban J connectivity index is 2.36. The van der Waals surface area contributed by atoms with Crippen molar-refractivity contribution in [3.63, 3.8) is 0 Å². The second-order valence-corrected chi connectivity index (χ2v) is 4.68. The second kappa shape index (κ2) is 7.25. The molecular formula is C15H24N2. The Kier molecular flexibility index (Phi) is 5.95. The van der Waals surface area contributed by atoms with Crippen LogP contribution in [-0.4, -0.2) is 30.6 Å². The summed E-state index contributed by atoms with van der Waals surface area (Å²) >= 11 is 0. The fourth-order valence-electron chi connectivity index (χ4n) is 1.62. The van der Waals surface area contributed by atoms with Crippen LogP contribution in [0.25, 0.3) is 0 Å². The smallest absolute Gasteiger partial charge is 0.0234 e. The summed E-state index contributed by atoms with van der Waals surface area (Å²) in [7, 11) is 2.16. The lowest BCUT2D eigenvalue weighted by Crippen LogP contribution is -2.40. The van der Waals surface area contributed by atoms with Gasteiger partial charge in [0.25, 0.3) is 0 Å². The SMILES string of the molecule is C=CC(C)NCC(C)N(C)Cc1ccccc1. The van der Waals surface area contributed by atoms with E-state index in [1.165, 1.54) is 5.56 Å². The fourth-order valence-corrected chi connectivity index (χ4v) is 1.62. The molecule has 94 valence electrons. The Hall–Kier alpha value is -1.12. The van der Waals surface area contributed by atoms with Crippen molar-refractivity contribution in [3.8, 4) is 0 Å². The van der Waals surface area contributed by atoms with Crippen LogP contribution in [0.3, 0.4) is 0 Å². The first kappa shape index (κ1) is 13.9. The van der Waals surface area contributed by atoms with Gasteiger partial charge in [0.1, 0.15) is 0 Å². The van der Waals surface area contributed by atoms with E-state index in [4.69, 9.17) is 0 Å². The van der Waals surface area contributed by atoms with E-state index in [1.807, 2.05) is 6.08 Å². The number of nitrogens with one attached hydrogen (secondary N) is 1. The molecule has 0 aliphatic heterocycles. The molecule has 1 aromatic carbocycles. The molecule has 2 atom stereocenters. The summed E-state index contributed by atoms with van der Waals surface area (Å²) < 4.78 is 0. The van der Waals surface area contributed by atoms with E-state index in [9.17, 15) is 0 Å². The topological polar surface area (TPSA) is 15.3 Å². The van der Waals surface area contributed by atoms with E-state index < -0.39 is 0 Å². The Bertz CT molecular complexity index is 321. The molecule has 0 spiro atoms. The Morgan fingerprint density at radius 1 is 1.29 bits per heavy atom. The van der Waals surface area contributed by atoms with Crippen LogP contribution in [0.4, 0.5) is 0 Å². The molecular weight excluding hydrogens is 208 g/mol. The molecule has 0 aromatic heterocycles. The van der Waals surface area contributed by atoms with Gasteiger partial charge in [-0.15, -0.1) is 6.58 Å². The molecule has 17 heavy (non-hydrogen) atoms. The Morgan fingerprint density at radius 3 is 2.53 bits per heavy atom. The number of hydrogen-bond acceptors (Lipinski definition) is 2. The standard InChI is InChI=1S/C15H24N2/c1-5-13(2)16-11-14(3)17(4)12-15-9-7-6-8-10-15/h5-10,13-14,16H,1,11-12H2,2-4H3. The molecule has 0 bridgehead atoms. The molecule has 0 fully saturated rings. The first-order valence-electron chi connectivity index (χ1n) is 6.23. The van der Waals surface area contributed by atoms with E-state index in [2.05, 4.69) is 68.0 Å². The van der Waals surface area contributed by atoms with Gasteiger partial charge in [-0.05, 0) is 26.5 Å². The quantitative estimate of drug-likeness (QED) is 0.727. The van der Waals surface area contributed by atoms with Gasteiger partial charge in [0, 0.05) is 25.2 Å². The van der Waals surface area contributed by atoms with Crippen LogP contribution in [0.5, 0.6) is 0 Å². The summed E-state index contributed by atoms with van der Waals surface area (Å²) in [6, 6.07) is 11.5. The lowest BCUT2D eigenvalue weighted by Gasteiger charge is -2.26. The predicted octanol–water partition coefficient (Wildman–Crippen LogP) is 2.67. The average molecular weight is 232 g/mol. The summed E-state index contributed by atoms with van der Waals surface area (Å²) in [6.45, 7) is 10.1. The molecule has 2 unspecified atom stereocenters. The van der Waals surface area contributed by atoms with Crippen LogP contribution in [0.1, 0.15) is 19.4 Å². The summed E-state index contributed by atoms with van der Waals surface area (Å²) in [5.74, 6) is 0. The monoisotopic (exact) mass is 232 g/mol. The summed E-state index contributed by atoms with van der Waals surface area (Å²) in [6.07, 6.45) is 1.93. The minimum Gasteiger partial charge on any atom is -0.309 e. The van der Waals surface area contributed by atoms with Gasteiger partial charge in [-0.2, -0.15) is 0 Å². The van der Waals surface area contributed by atoms with Crippen molar-refractivity contribution in [2.75, 3.05) is 13.6 Å². The first-order valence-corrected chi connectivity index (χ1v) is 6.23. The van der Waals surface area contributed by atoms with Gasteiger partial charge >= 0.3 is 0 Å². The molecule has 0 aliphatic rings. The third-order valence-corrected chi connectivity index (χ3v) is 3.12. The largest absolute Gasteiger partial charge is 0.309 e. The van der Waals surface area contributed by atoms with Crippen LogP contribution >= 0.6 is 0 Å². The number of benzene rings is 1. The van der Waals surface area contributed by atoms with Crippen molar-refractivity contribution in [2.45, 2.75) is 32.5 Å². The average Bonchev–Trinajstić information content (AvgIpc) is 2.36. The highest BCUT2D eigenvalue weighted by molar-refractivity contribution is 5.14. The maximum Gasteiger partial charge on any atom is 0.0234 e. The molecule has 0 heterocycles. The molecule has 0 saturated heterocycles. The van der Waals surface area contributed by atoms with Crippen LogP contribution in [0.15, 0.2) is 43.0 Å². The Labute approximate surface area is 105 Å². The molecule has 1 N–H and O–H groups in total. The first-order chi connectivity index (χ1) is 8.13. The highest BCUT2D eigenvalue weighted by atomic mass is 15.1. The number of nitrogens with zero attached hydrogens (tertiary/aromatic N) is 1. The minimum atomic E-state index is 0.377. The highest BCUT2D eigenvalue weighted by Crippen LogP contribution is 2.05. The lowest BCUT2D eigenvalue weighted by molar-refractivity contribution is 0.241. The van der Waals surface area contributed by atoms with Crippen LogP contribution in [0, 0.1) is 0 Å². The molecule has 2 heteroatoms. The molecule has 0 amide bonds. The van der Waals surface area contributed by atoms with Gasteiger partial charge in [-0.25, -0.2) is 0 Å². The zero-order chi connectivity index (χ0) is 12.7. The number of rotatable bonds is 7. The second-order valence-electron chi connectivity index (χ2n) is 4.68. The van der Waals surface area contributed by atoms with E-state index in [0.29, 0.717) is 12.1 Å². The molecule has 2 nitrogen and oxygen atoms in total. The van der Waals surface area contributed by atoms with Gasteiger partial charge in [-0.1, -0.05) is 36.4 Å². The fraction of sp³-hybridized carbons (Fsp3) is 0.467. The van der Waals surface area contributed by atoms with E-state index >= 15 is 0 Å². The van der Waals surface area contributed by atoms with E-state index in [1.54, 1.807) is 0 Å². The zero-order valence-electron chi connectivity index (χ0n) is 11.2. The lowest BCUT2D eigenvalue weighted by atomic mass is 10.2. The zero-order valence-corrected chi connectivity index (χ0v) is 11.2. The maximum atomic E-state index is 3.78. The summed E-state index contributed by atoms with van der Waals surface area (Å²) in [5, 5.41) is 3.44. The van der Waals surface area contributed by atoms with Gasteiger partial charge in [0.05, 0.1) is 0 Å². The Morgan fingerprint density at radius 2 is 1.94 bits per heavy atom. The highest BCUT2D eigenvalue weighted by Gasteiger charge is 2.09. The van der Waals surface area contributed by atoms with Crippen molar-refractivity contribution in [2.24, 2.45) is 0 Å². The molecule has 1 rings (SSSR count).